The van der Waals surface area contributed by atoms with Crippen LogP contribution in [0, 0.1) is 0 Å². The summed E-state index contributed by atoms with van der Waals surface area (Å²) in [5.41, 5.74) is 2.15. The molecule has 0 spiro atoms. The summed E-state index contributed by atoms with van der Waals surface area (Å²) in [6.45, 7) is 4.82. The minimum Gasteiger partial charge on any atom is -0.389 e. The SMILES string of the molecule is CCn1cc(C(C)O)c2c(Br)cccc21. The molecule has 0 amide bonds. The van der Waals surface area contributed by atoms with E-state index in [4.69, 9.17) is 0 Å². The number of nitrogens with zero attached hydrogens (tertiary/aromatic N) is 1. The van der Waals surface area contributed by atoms with Gasteiger partial charge in [-0.1, -0.05) is 22.0 Å². The molecule has 0 aliphatic heterocycles. The smallest absolute Gasteiger partial charge is 0.0783 e. The first-order chi connectivity index (χ1) is 7.15. The summed E-state index contributed by atoms with van der Waals surface area (Å²) in [6, 6.07) is 6.11. The van der Waals surface area contributed by atoms with Crippen LogP contribution < -0.4 is 0 Å². The van der Waals surface area contributed by atoms with E-state index in [1.165, 1.54) is 5.52 Å². The predicted octanol–water partition coefficient (Wildman–Crippen LogP) is 3.48. The van der Waals surface area contributed by atoms with Crippen molar-refractivity contribution in [2.75, 3.05) is 0 Å². The normalized spacial score (nSPS) is 13.3. The molecule has 80 valence electrons. The summed E-state index contributed by atoms with van der Waals surface area (Å²) in [6.07, 6.45) is 1.60. The van der Waals surface area contributed by atoms with Crippen molar-refractivity contribution in [3.63, 3.8) is 0 Å². The number of fused-ring (bicyclic) bond motifs is 1. The van der Waals surface area contributed by atoms with Crippen molar-refractivity contribution in [3.05, 3.63) is 34.4 Å². The molecule has 0 fully saturated rings. The monoisotopic (exact) mass is 267 g/mol. The summed E-state index contributed by atoms with van der Waals surface area (Å²) in [7, 11) is 0. The highest BCUT2D eigenvalue weighted by molar-refractivity contribution is 9.10. The molecule has 0 aliphatic rings. The minimum absolute atomic E-state index is 0.431. The van der Waals surface area contributed by atoms with Crippen LogP contribution in [0.15, 0.2) is 28.9 Å². The van der Waals surface area contributed by atoms with Crippen LogP contribution in [0.3, 0.4) is 0 Å². The molecule has 0 aliphatic carbocycles. The number of aryl methyl sites for hydroxylation is 1. The number of hydrogen-bond donors (Lipinski definition) is 1. The fourth-order valence-electron chi connectivity index (χ4n) is 1.92. The van der Waals surface area contributed by atoms with Crippen molar-refractivity contribution < 1.29 is 5.11 Å². The summed E-state index contributed by atoms with van der Waals surface area (Å²) in [5, 5.41) is 10.8. The highest BCUT2D eigenvalue weighted by Crippen LogP contribution is 2.32. The lowest BCUT2D eigenvalue weighted by atomic mass is 10.1. The molecule has 1 aromatic heterocycles. The number of benzene rings is 1. The highest BCUT2D eigenvalue weighted by atomic mass is 79.9. The van der Waals surface area contributed by atoms with Gasteiger partial charge < -0.3 is 9.67 Å². The molecular formula is C12H14BrNO. The second kappa shape index (κ2) is 3.99. The Balaban J connectivity index is 2.82. The maximum absolute atomic E-state index is 9.72. The van der Waals surface area contributed by atoms with Crippen LogP contribution in [0.2, 0.25) is 0 Å². The average Bonchev–Trinajstić information content (AvgIpc) is 2.58. The molecule has 1 atom stereocenters. The molecule has 2 nitrogen and oxygen atoms in total. The summed E-state index contributed by atoms with van der Waals surface area (Å²) < 4.78 is 3.20. The molecule has 15 heavy (non-hydrogen) atoms. The van der Waals surface area contributed by atoms with E-state index in [1.54, 1.807) is 6.92 Å². The Morgan fingerprint density at radius 2 is 2.20 bits per heavy atom. The highest BCUT2D eigenvalue weighted by Gasteiger charge is 2.13. The molecule has 1 N–H and O–H groups in total. The Kier molecular flexibility index (Phi) is 2.85. The van der Waals surface area contributed by atoms with Gasteiger partial charge in [0.2, 0.25) is 0 Å². The molecule has 0 saturated heterocycles. The van der Waals surface area contributed by atoms with Crippen LogP contribution in [0.4, 0.5) is 0 Å². The quantitative estimate of drug-likeness (QED) is 0.886. The number of aliphatic hydroxyl groups excluding tert-OH is 1. The lowest BCUT2D eigenvalue weighted by Crippen LogP contribution is -1.91. The fourth-order valence-corrected chi connectivity index (χ4v) is 2.50. The van der Waals surface area contributed by atoms with E-state index in [9.17, 15) is 5.11 Å². The van der Waals surface area contributed by atoms with Gasteiger partial charge >= 0.3 is 0 Å². The largest absolute Gasteiger partial charge is 0.389 e. The van der Waals surface area contributed by atoms with Crippen molar-refractivity contribution in [3.8, 4) is 0 Å². The lowest BCUT2D eigenvalue weighted by molar-refractivity contribution is 0.200. The second-order valence-corrected chi connectivity index (χ2v) is 4.53. The number of hydrogen-bond acceptors (Lipinski definition) is 1. The third kappa shape index (κ3) is 1.70. The van der Waals surface area contributed by atoms with Gasteiger partial charge in [0.05, 0.1) is 6.10 Å². The van der Waals surface area contributed by atoms with Crippen LogP contribution in [-0.4, -0.2) is 9.67 Å². The average molecular weight is 268 g/mol. The zero-order valence-electron chi connectivity index (χ0n) is 8.87. The summed E-state index contributed by atoms with van der Waals surface area (Å²) in [4.78, 5) is 0. The molecule has 0 saturated carbocycles. The number of rotatable bonds is 2. The van der Waals surface area contributed by atoms with E-state index in [-0.39, 0.29) is 0 Å². The van der Waals surface area contributed by atoms with Crippen LogP contribution >= 0.6 is 15.9 Å². The van der Waals surface area contributed by atoms with E-state index in [2.05, 4.69) is 33.5 Å². The molecule has 1 heterocycles. The van der Waals surface area contributed by atoms with Crippen molar-refractivity contribution in [1.29, 1.82) is 0 Å². The second-order valence-electron chi connectivity index (χ2n) is 3.68. The standard InChI is InChI=1S/C12H14BrNO/c1-3-14-7-9(8(2)15)12-10(13)5-4-6-11(12)14/h4-8,15H,3H2,1-2H3. The zero-order valence-corrected chi connectivity index (χ0v) is 10.5. The van der Waals surface area contributed by atoms with Crippen LogP contribution in [-0.2, 0) is 6.54 Å². The first-order valence-electron chi connectivity index (χ1n) is 5.10. The van der Waals surface area contributed by atoms with Gasteiger partial charge in [-0.25, -0.2) is 0 Å². The van der Waals surface area contributed by atoms with Gasteiger partial charge in [-0.15, -0.1) is 0 Å². The van der Waals surface area contributed by atoms with E-state index in [0.717, 1.165) is 22.0 Å². The Hall–Kier alpha value is -0.800. The number of aromatic nitrogens is 1. The van der Waals surface area contributed by atoms with Gasteiger partial charge in [0.1, 0.15) is 0 Å². The molecule has 2 aromatic rings. The lowest BCUT2D eigenvalue weighted by Gasteiger charge is -2.02. The molecule has 0 bridgehead atoms. The number of aliphatic hydroxyl groups is 1. The maximum Gasteiger partial charge on any atom is 0.0783 e. The molecule has 1 aromatic carbocycles. The van der Waals surface area contributed by atoms with E-state index in [0.29, 0.717) is 0 Å². The molecule has 3 heteroatoms. The summed E-state index contributed by atoms with van der Waals surface area (Å²) >= 11 is 3.53. The van der Waals surface area contributed by atoms with Gasteiger partial charge in [0.15, 0.2) is 0 Å². The number of halogens is 1. The summed E-state index contributed by atoms with van der Waals surface area (Å²) in [5.74, 6) is 0. The Bertz CT molecular complexity index is 488. The van der Waals surface area contributed by atoms with Gasteiger partial charge in [-0.05, 0) is 26.0 Å². The molecule has 1 unspecified atom stereocenters. The van der Waals surface area contributed by atoms with E-state index >= 15 is 0 Å². The minimum atomic E-state index is -0.431. The topological polar surface area (TPSA) is 25.2 Å². The Morgan fingerprint density at radius 3 is 2.80 bits per heavy atom. The first-order valence-corrected chi connectivity index (χ1v) is 5.89. The maximum atomic E-state index is 9.72. The third-order valence-corrected chi connectivity index (χ3v) is 3.34. The Morgan fingerprint density at radius 1 is 1.47 bits per heavy atom. The van der Waals surface area contributed by atoms with Crippen LogP contribution in [0.25, 0.3) is 10.9 Å². The van der Waals surface area contributed by atoms with Crippen molar-refractivity contribution in [2.45, 2.75) is 26.5 Å². The van der Waals surface area contributed by atoms with Crippen LogP contribution in [0.1, 0.15) is 25.5 Å². The zero-order chi connectivity index (χ0) is 11.0. The molecule has 2 rings (SSSR count). The van der Waals surface area contributed by atoms with Gasteiger partial charge in [0.25, 0.3) is 0 Å². The van der Waals surface area contributed by atoms with Crippen LogP contribution in [0.5, 0.6) is 0 Å². The van der Waals surface area contributed by atoms with Crippen molar-refractivity contribution >= 4 is 26.8 Å². The van der Waals surface area contributed by atoms with Gasteiger partial charge in [-0.3, -0.25) is 0 Å². The predicted molar refractivity (Wildman–Crippen MR) is 65.9 cm³/mol. The van der Waals surface area contributed by atoms with Gasteiger partial charge in [-0.2, -0.15) is 0 Å². The van der Waals surface area contributed by atoms with E-state index in [1.807, 2.05) is 18.3 Å². The first kappa shape index (κ1) is 10.7. The van der Waals surface area contributed by atoms with Crippen molar-refractivity contribution in [1.82, 2.24) is 4.57 Å². The third-order valence-electron chi connectivity index (χ3n) is 2.68. The molecule has 0 radical (unpaired) electrons. The van der Waals surface area contributed by atoms with Gasteiger partial charge in [0, 0.05) is 33.7 Å². The molecular weight excluding hydrogens is 254 g/mol. The van der Waals surface area contributed by atoms with Crippen molar-refractivity contribution in [2.24, 2.45) is 0 Å². The van der Waals surface area contributed by atoms with E-state index < -0.39 is 6.10 Å². The Labute approximate surface area is 97.7 Å². The fraction of sp³-hybridized carbons (Fsp3) is 0.333.